The van der Waals surface area contributed by atoms with Crippen molar-refractivity contribution >= 4 is 5.71 Å². The van der Waals surface area contributed by atoms with Gasteiger partial charge >= 0.3 is 0 Å². The van der Waals surface area contributed by atoms with Crippen LogP contribution < -0.4 is 0 Å². The van der Waals surface area contributed by atoms with Crippen LogP contribution in [0, 0.1) is 5.92 Å². The minimum absolute atomic E-state index is 0.821. The van der Waals surface area contributed by atoms with Gasteiger partial charge in [-0.25, -0.2) is 0 Å². The second-order valence-electron chi connectivity index (χ2n) is 3.90. The summed E-state index contributed by atoms with van der Waals surface area (Å²) in [5, 5.41) is 0. The van der Waals surface area contributed by atoms with E-state index in [0.29, 0.717) is 0 Å². The maximum atomic E-state index is 5.43. The van der Waals surface area contributed by atoms with Crippen LogP contribution in [0.1, 0.15) is 32.1 Å². The number of ether oxygens (including phenoxy) is 1. The van der Waals surface area contributed by atoms with Gasteiger partial charge in [-0.2, -0.15) is 0 Å². The zero-order valence-corrected chi connectivity index (χ0v) is 8.04. The number of aliphatic imine (C=N–C) groups is 1. The van der Waals surface area contributed by atoms with Gasteiger partial charge < -0.3 is 4.74 Å². The number of hydrogen-bond acceptors (Lipinski definition) is 2. The molecule has 0 N–H and O–H groups in total. The molecule has 0 radical (unpaired) electrons. The lowest BCUT2D eigenvalue weighted by molar-refractivity contribution is 0.141. The average Bonchev–Trinajstić information content (AvgIpc) is 2.49. The SMILES string of the molecule is C1=CN=C(CC2CCCOCC2)C1. The van der Waals surface area contributed by atoms with Gasteiger partial charge in [0.15, 0.2) is 0 Å². The Morgan fingerprint density at radius 1 is 1.38 bits per heavy atom. The molecule has 0 aliphatic carbocycles. The molecule has 0 aromatic carbocycles. The highest BCUT2D eigenvalue weighted by Gasteiger charge is 2.15. The van der Waals surface area contributed by atoms with Crippen LogP contribution in [0.15, 0.2) is 17.3 Å². The van der Waals surface area contributed by atoms with Crippen molar-refractivity contribution in [2.24, 2.45) is 10.9 Å². The van der Waals surface area contributed by atoms with Crippen molar-refractivity contribution in [3.05, 3.63) is 12.3 Å². The molecule has 0 saturated carbocycles. The Morgan fingerprint density at radius 2 is 2.38 bits per heavy atom. The van der Waals surface area contributed by atoms with Crippen LogP contribution in [0.2, 0.25) is 0 Å². The molecule has 2 nitrogen and oxygen atoms in total. The summed E-state index contributed by atoms with van der Waals surface area (Å²) in [5.41, 5.74) is 1.37. The molecule has 1 atom stereocenters. The minimum Gasteiger partial charge on any atom is -0.381 e. The third-order valence-corrected chi connectivity index (χ3v) is 2.81. The normalized spacial score (nSPS) is 28.6. The van der Waals surface area contributed by atoms with Crippen LogP contribution >= 0.6 is 0 Å². The lowest BCUT2D eigenvalue weighted by Gasteiger charge is -2.12. The number of rotatable bonds is 2. The summed E-state index contributed by atoms with van der Waals surface area (Å²) in [6.07, 6.45) is 10.1. The molecular weight excluding hydrogens is 162 g/mol. The monoisotopic (exact) mass is 179 g/mol. The Kier molecular flexibility index (Phi) is 3.14. The second kappa shape index (κ2) is 4.56. The van der Waals surface area contributed by atoms with Crippen LogP contribution in [-0.4, -0.2) is 18.9 Å². The Bertz CT molecular complexity index is 212. The van der Waals surface area contributed by atoms with Gasteiger partial charge in [0.1, 0.15) is 0 Å². The number of allylic oxidation sites excluding steroid dienone is 1. The first-order valence-electron chi connectivity index (χ1n) is 5.23. The molecule has 0 spiro atoms. The lowest BCUT2D eigenvalue weighted by atomic mass is 9.94. The van der Waals surface area contributed by atoms with Crippen LogP contribution in [0.4, 0.5) is 0 Å². The summed E-state index contributed by atoms with van der Waals surface area (Å²) in [7, 11) is 0. The summed E-state index contributed by atoms with van der Waals surface area (Å²) in [6.45, 7) is 1.91. The van der Waals surface area contributed by atoms with E-state index in [1.165, 1.54) is 31.4 Å². The van der Waals surface area contributed by atoms with Crippen LogP contribution in [0.5, 0.6) is 0 Å². The molecule has 0 bridgehead atoms. The fourth-order valence-corrected chi connectivity index (χ4v) is 2.04. The van der Waals surface area contributed by atoms with Crippen LogP contribution in [0.3, 0.4) is 0 Å². The maximum Gasteiger partial charge on any atom is 0.0468 e. The molecule has 1 unspecified atom stereocenters. The fourth-order valence-electron chi connectivity index (χ4n) is 2.04. The first kappa shape index (κ1) is 8.95. The summed E-state index contributed by atoms with van der Waals surface area (Å²) < 4.78 is 5.43. The van der Waals surface area contributed by atoms with Crippen molar-refractivity contribution in [1.82, 2.24) is 0 Å². The Hall–Kier alpha value is -0.630. The molecule has 2 rings (SSSR count). The molecular formula is C11H17NO. The van der Waals surface area contributed by atoms with E-state index in [2.05, 4.69) is 11.1 Å². The molecule has 2 heteroatoms. The van der Waals surface area contributed by atoms with Gasteiger partial charge in [-0.15, -0.1) is 0 Å². The Balaban J connectivity index is 1.79. The smallest absolute Gasteiger partial charge is 0.0468 e. The van der Waals surface area contributed by atoms with E-state index < -0.39 is 0 Å². The molecule has 2 heterocycles. The molecule has 0 aromatic heterocycles. The highest BCUT2D eigenvalue weighted by Crippen LogP contribution is 2.21. The molecule has 1 fully saturated rings. The molecule has 0 aromatic rings. The third-order valence-electron chi connectivity index (χ3n) is 2.81. The van der Waals surface area contributed by atoms with Gasteiger partial charge in [0, 0.05) is 31.5 Å². The van der Waals surface area contributed by atoms with Crippen molar-refractivity contribution in [2.75, 3.05) is 13.2 Å². The van der Waals surface area contributed by atoms with Crippen LogP contribution in [0.25, 0.3) is 0 Å². The van der Waals surface area contributed by atoms with E-state index in [4.69, 9.17) is 4.74 Å². The predicted octanol–water partition coefficient (Wildman–Crippen LogP) is 2.55. The van der Waals surface area contributed by atoms with Crippen molar-refractivity contribution in [3.8, 4) is 0 Å². The van der Waals surface area contributed by atoms with E-state index in [-0.39, 0.29) is 0 Å². The van der Waals surface area contributed by atoms with Gasteiger partial charge in [0.2, 0.25) is 0 Å². The van der Waals surface area contributed by atoms with E-state index >= 15 is 0 Å². The van der Waals surface area contributed by atoms with Crippen LogP contribution in [-0.2, 0) is 4.74 Å². The van der Waals surface area contributed by atoms with Crippen molar-refractivity contribution in [2.45, 2.75) is 32.1 Å². The lowest BCUT2D eigenvalue weighted by Crippen LogP contribution is -2.07. The average molecular weight is 179 g/mol. The standard InChI is InChI=1S/C11H17NO/c1-4-11(12-6-1)9-10-3-2-7-13-8-5-10/h1,6,10H,2-5,7-9H2. The first-order chi connectivity index (χ1) is 6.45. The van der Waals surface area contributed by atoms with E-state index in [1.807, 2.05) is 6.20 Å². The molecule has 2 aliphatic rings. The van der Waals surface area contributed by atoms with E-state index in [1.54, 1.807) is 0 Å². The third kappa shape index (κ3) is 2.66. The second-order valence-corrected chi connectivity index (χ2v) is 3.90. The zero-order chi connectivity index (χ0) is 8.93. The Labute approximate surface area is 79.7 Å². The topological polar surface area (TPSA) is 21.6 Å². The highest BCUT2D eigenvalue weighted by atomic mass is 16.5. The maximum absolute atomic E-state index is 5.43. The highest BCUT2D eigenvalue weighted by molar-refractivity contribution is 5.88. The first-order valence-corrected chi connectivity index (χ1v) is 5.23. The van der Waals surface area contributed by atoms with Gasteiger partial charge in [-0.3, -0.25) is 4.99 Å². The fraction of sp³-hybridized carbons (Fsp3) is 0.727. The molecule has 1 saturated heterocycles. The zero-order valence-electron chi connectivity index (χ0n) is 8.04. The van der Waals surface area contributed by atoms with Crippen molar-refractivity contribution in [1.29, 1.82) is 0 Å². The van der Waals surface area contributed by atoms with Crippen molar-refractivity contribution < 1.29 is 4.74 Å². The van der Waals surface area contributed by atoms with Gasteiger partial charge in [0.25, 0.3) is 0 Å². The number of nitrogens with zero attached hydrogens (tertiary/aromatic N) is 1. The minimum atomic E-state index is 0.821. The predicted molar refractivity (Wildman–Crippen MR) is 54.0 cm³/mol. The summed E-state index contributed by atoms with van der Waals surface area (Å²) in [4.78, 5) is 4.36. The van der Waals surface area contributed by atoms with E-state index in [0.717, 1.165) is 25.6 Å². The molecule has 2 aliphatic heterocycles. The van der Waals surface area contributed by atoms with E-state index in [9.17, 15) is 0 Å². The molecule has 13 heavy (non-hydrogen) atoms. The largest absolute Gasteiger partial charge is 0.381 e. The Morgan fingerprint density at radius 3 is 3.23 bits per heavy atom. The summed E-state index contributed by atoms with van der Waals surface area (Å²) in [6, 6.07) is 0. The van der Waals surface area contributed by atoms with Crippen molar-refractivity contribution in [3.63, 3.8) is 0 Å². The summed E-state index contributed by atoms with van der Waals surface area (Å²) >= 11 is 0. The quantitative estimate of drug-likeness (QED) is 0.638. The summed E-state index contributed by atoms with van der Waals surface area (Å²) in [5.74, 6) is 0.821. The van der Waals surface area contributed by atoms with Gasteiger partial charge in [-0.1, -0.05) is 6.08 Å². The van der Waals surface area contributed by atoms with Gasteiger partial charge in [-0.05, 0) is 31.6 Å². The molecule has 0 amide bonds. The number of hydrogen-bond donors (Lipinski definition) is 0. The van der Waals surface area contributed by atoms with Gasteiger partial charge in [0.05, 0.1) is 0 Å². The molecule has 72 valence electrons.